The van der Waals surface area contributed by atoms with Crippen LogP contribution in [0, 0.1) is 0 Å². The van der Waals surface area contributed by atoms with E-state index < -0.39 is 0 Å². The Morgan fingerprint density at radius 1 is 1.11 bits per heavy atom. The summed E-state index contributed by atoms with van der Waals surface area (Å²) in [4.78, 5) is 9.40. The molecule has 0 bridgehead atoms. The van der Waals surface area contributed by atoms with Gasteiger partial charge in [0.05, 0.1) is 0 Å². The minimum Gasteiger partial charge on any atom is -0.370 e. The van der Waals surface area contributed by atoms with E-state index in [9.17, 15) is 0 Å². The fourth-order valence-corrected chi connectivity index (χ4v) is 3.18. The summed E-state index contributed by atoms with van der Waals surface area (Å²) in [6.45, 7) is 7.87. The van der Waals surface area contributed by atoms with E-state index in [1.54, 1.807) is 0 Å². The second kappa shape index (κ2) is 7.73. The standard InChI is InChI=1S/C15H30N4/c1-14-8-3-6-10-18(14)13-7-9-17-15(16)19-11-4-2-5-12-19/h14H,2-13H2,1H3,(H2,16,17). The van der Waals surface area contributed by atoms with E-state index in [2.05, 4.69) is 21.7 Å². The lowest BCUT2D eigenvalue weighted by molar-refractivity contribution is 0.160. The molecule has 4 nitrogen and oxygen atoms in total. The van der Waals surface area contributed by atoms with Gasteiger partial charge in [-0.1, -0.05) is 6.42 Å². The predicted molar refractivity (Wildman–Crippen MR) is 81.4 cm³/mol. The molecule has 2 saturated heterocycles. The van der Waals surface area contributed by atoms with Gasteiger partial charge >= 0.3 is 0 Å². The quantitative estimate of drug-likeness (QED) is 0.481. The summed E-state index contributed by atoms with van der Waals surface area (Å²) in [5.74, 6) is 0.770. The lowest BCUT2D eigenvalue weighted by Gasteiger charge is -2.33. The zero-order valence-corrected chi connectivity index (χ0v) is 12.5. The molecule has 1 unspecified atom stereocenters. The Kier molecular flexibility index (Phi) is 5.95. The van der Waals surface area contributed by atoms with E-state index in [-0.39, 0.29) is 0 Å². The summed E-state index contributed by atoms with van der Waals surface area (Å²) in [6.07, 6.45) is 9.14. The van der Waals surface area contributed by atoms with Crippen molar-refractivity contribution in [3.63, 3.8) is 0 Å². The van der Waals surface area contributed by atoms with E-state index in [1.807, 2.05) is 0 Å². The Hall–Kier alpha value is -0.770. The van der Waals surface area contributed by atoms with Gasteiger partial charge in [-0.25, -0.2) is 0 Å². The van der Waals surface area contributed by atoms with Crippen LogP contribution in [0.15, 0.2) is 4.99 Å². The molecule has 0 aromatic carbocycles. The van der Waals surface area contributed by atoms with Crippen molar-refractivity contribution < 1.29 is 0 Å². The molecule has 2 aliphatic rings. The van der Waals surface area contributed by atoms with Crippen LogP contribution in [-0.2, 0) is 0 Å². The van der Waals surface area contributed by atoms with E-state index in [4.69, 9.17) is 5.73 Å². The molecule has 0 aromatic rings. The largest absolute Gasteiger partial charge is 0.370 e. The smallest absolute Gasteiger partial charge is 0.191 e. The molecule has 2 N–H and O–H groups in total. The second-order valence-corrected chi connectivity index (χ2v) is 6.02. The average Bonchev–Trinajstić information content (AvgIpc) is 2.46. The van der Waals surface area contributed by atoms with Gasteiger partial charge in [0, 0.05) is 32.2 Å². The number of aliphatic imine (C=N–C) groups is 1. The van der Waals surface area contributed by atoms with Crippen LogP contribution in [0.1, 0.15) is 51.9 Å². The van der Waals surface area contributed by atoms with Gasteiger partial charge in [0.1, 0.15) is 0 Å². The molecule has 0 saturated carbocycles. The molecule has 110 valence electrons. The first-order valence-electron chi connectivity index (χ1n) is 8.06. The van der Waals surface area contributed by atoms with Gasteiger partial charge in [-0.2, -0.15) is 0 Å². The topological polar surface area (TPSA) is 44.9 Å². The Bertz CT molecular complexity index is 284. The number of nitrogens with two attached hydrogens (primary N) is 1. The van der Waals surface area contributed by atoms with Crippen molar-refractivity contribution in [2.24, 2.45) is 10.7 Å². The van der Waals surface area contributed by atoms with Crippen LogP contribution in [-0.4, -0.2) is 54.5 Å². The summed E-state index contributed by atoms with van der Waals surface area (Å²) >= 11 is 0. The van der Waals surface area contributed by atoms with Crippen molar-refractivity contribution in [1.82, 2.24) is 9.80 Å². The highest BCUT2D eigenvalue weighted by Crippen LogP contribution is 2.16. The molecule has 0 spiro atoms. The Morgan fingerprint density at radius 3 is 2.58 bits per heavy atom. The van der Waals surface area contributed by atoms with Crippen LogP contribution in [0.4, 0.5) is 0 Å². The maximum absolute atomic E-state index is 6.06. The fourth-order valence-electron chi connectivity index (χ4n) is 3.18. The Balaban J connectivity index is 1.64. The molecule has 2 aliphatic heterocycles. The zero-order chi connectivity index (χ0) is 13.5. The minimum atomic E-state index is 0.761. The van der Waals surface area contributed by atoms with Gasteiger partial charge in [-0.3, -0.25) is 4.99 Å². The van der Waals surface area contributed by atoms with Crippen LogP contribution in [0.2, 0.25) is 0 Å². The molecule has 4 heteroatoms. The summed E-state index contributed by atoms with van der Waals surface area (Å²) in [5, 5.41) is 0. The first-order valence-corrected chi connectivity index (χ1v) is 8.06. The molecule has 1 atom stereocenters. The van der Waals surface area contributed by atoms with Crippen molar-refractivity contribution in [2.75, 3.05) is 32.7 Å². The second-order valence-electron chi connectivity index (χ2n) is 6.02. The van der Waals surface area contributed by atoms with Crippen molar-refractivity contribution in [3.05, 3.63) is 0 Å². The molecule has 2 fully saturated rings. The fraction of sp³-hybridized carbons (Fsp3) is 0.933. The maximum atomic E-state index is 6.06. The molecule has 0 aromatic heterocycles. The monoisotopic (exact) mass is 266 g/mol. The highest BCUT2D eigenvalue weighted by atomic mass is 15.3. The number of likely N-dealkylation sites (tertiary alicyclic amines) is 2. The van der Waals surface area contributed by atoms with E-state index >= 15 is 0 Å². The highest BCUT2D eigenvalue weighted by Gasteiger charge is 2.17. The summed E-state index contributed by atoms with van der Waals surface area (Å²) < 4.78 is 0. The molecule has 2 rings (SSSR count). The first kappa shape index (κ1) is 14.6. The van der Waals surface area contributed by atoms with E-state index in [1.165, 1.54) is 51.6 Å². The molecule has 0 radical (unpaired) electrons. The summed E-state index contributed by atoms with van der Waals surface area (Å²) in [6, 6.07) is 0.761. The van der Waals surface area contributed by atoms with Crippen molar-refractivity contribution >= 4 is 5.96 Å². The number of rotatable bonds is 4. The lowest BCUT2D eigenvalue weighted by atomic mass is 10.0. The van der Waals surface area contributed by atoms with Crippen molar-refractivity contribution in [2.45, 2.75) is 57.9 Å². The van der Waals surface area contributed by atoms with Crippen LogP contribution in [0.5, 0.6) is 0 Å². The highest BCUT2D eigenvalue weighted by molar-refractivity contribution is 5.78. The maximum Gasteiger partial charge on any atom is 0.191 e. The third kappa shape index (κ3) is 4.68. The van der Waals surface area contributed by atoms with Gasteiger partial charge in [-0.15, -0.1) is 0 Å². The van der Waals surface area contributed by atoms with Crippen molar-refractivity contribution in [3.8, 4) is 0 Å². The predicted octanol–water partition coefficient (Wildman–Crippen LogP) is 2.05. The number of piperidine rings is 2. The number of guanidine groups is 1. The molecular formula is C15H30N4. The zero-order valence-electron chi connectivity index (χ0n) is 12.5. The molecule has 2 heterocycles. The third-order valence-electron chi connectivity index (χ3n) is 4.50. The Morgan fingerprint density at radius 2 is 1.84 bits per heavy atom. The molecule has 19 heavy (non-hydrogen) atoms. The minimum absolute atomic E-state index is 0.761. The SMILES string of the molecule is CC1CCCCN1CCCN=C(N)N1CCCCC1. The number of hydrogen-bond donors (Lipinski definition) is 1. The molecule has 0 aliphatic carbocycles. The normalized spacial score (nSPS) is 26.7. The first-order chi connectivity index (χ1) is 9.27. The molecular weight excluding hydrogens is 236 g/mol. The van der Waals surface area contributed by atoms with Gasteiger partial charge in [0.15, 0.2) is 5.96 Å². The summed E-state index contributed by atoms with van der Waals surface area (Å²) in [5.41, 5.74) is 6.06. The summed E-state index contributed by atoms with van der Waals surface area (Å²) in [7, 11) is 0. The van der Waals surface area contributed by atoms with Gasteiger partial charge in [-0.05, 0) is 52.0 Å². The van der Waals surface area contributed by atoms with Gasteiger partial charge in [0.25, 0.3) is 0 Å². The number of nitrogens with zero attached hydrogens (tertiary/aromatic N) is 3. The lowest BCUT2D eigenvalue weighted by Crippen LogP contribution is -2.41. The van der Waals surface area contributed by atoms with Crippen LogP contribution in [0.25, 0.3) is 0 Å². The van der Waals surface area contributed by atoms with Crippen LogP contribution >= 0.6 is 0 Å². The third-order valence-corrected chi connectivity index (χ3v) is 4.50. The number of hydrogen-bond acceptors (Lipinski definition) is 2. The van der Waals surface area contributed by atoms with Crippen LogP contribution in [0.3, 0.4) is 0 Å². The van der Waals surface area contributed by atoms with Crippen molar-refractivity contribution in [1.29, 1.82) is 0 Å². The average molecular weight is 266 g/mol. The van der Waals surface area contributed by atoms with Gasteiger partial charge in [0.2, 0.25) is 0 Å². The van der Waals surface area contributed by atoms with E-state index in [0.29, 0.717) is 0 Å². The Labute approximate surface area is 118 Å². The van der Waals surface area contributed by atoms with Crippen LogP contribution < -0.4 is 5.73 Å². The molecule has 0 amide bonds. The van der Waals surface area contributed by atoms with Gasteiger partial charge < -0.3 is 15.5 Å². The van der Waals surface area contributed by atoms with E-state index in [0.717, 1.165) is 38.1 Å².